The van der Waals surface area contributed by atoms with Gasteiger partial charge in [0.25, 0.3) is 0 Å². The Balaban J connectivity index is 1.31. The van der Waals surface area contributed by atoms with Gasteiger partial charge in [-0.1, -0.05) is 13.8 Å². The van der Waals surface area contributed by atoms with E-state index < -0.39 is 0 Å². The van der Waals surface area contributed by atoms with Crippen molar-refractivity contribution in [1.29, 1.82) is 0 Å². The predicted molar refractivity (Wildman–Crippen MR) is 81.2 cm³/mol. The van der Waals surface area contributed by atoms with E-state index in [9.17, 15) is 4.79 Å². The lowest BCUT2D eigenvalue weighted by Gasteiger charge is -2.19. The first kappa shape index (κ1) is 14.4. The average molecular weight is 291 g/mol. The molecule has 0 aromatic carbocycles. The summed E-state index contributed by atoms with van der Waals surface area (Å²) >= 11 is 0. The summed E-state index contributed by atoms with van der Waals surface area (Å²) in [5.74, 6) is 1.32. The molecule has 0 unspecified atom stereocenters. The number of furan rings is 1. The Hall–Kier alpha value is -1.49. The van der Waals surface area contributed by atoms with E-state index in [-0.39, 0.29) is 12.1 Å². The highest BCUT2D eigenvalue weighted by Gasteiger charge is 2.41. The molecule has 2 heterocycles. The number of carbonyl (C=O) groups excluding carboxylic acids is 1. The molecular weight excluding hydrogens is 266 g/mol. The van der Waals surface area contributed by atoms with Gasteiger partial charge in [-0.2, -0.15) is 0 Å². The van der Waals surface area contributed by atoms with Crippen LogP contribution in [0.3, 0.4) is 0 Å². The van der Waals surface area contributed by atoms with Gasteiger partial charge in [0.05, 0.1) is 6.26 Å². The third kappa shape index (κ3) is 3.79. The number of carbonyl (C=O) groups is 1. The van der Waals surface area contributed by atoms with Gasteiger partial charge in [0.2, 0.25) is 0 Å². The Morgan fingerprint density at radius 2 is 2.38 bits per heavy atom. The van der Waals surface area contributed by atoms with Crippen LogP contribution in [0.1, 0.15) is 38.4 Å². The molecule has 5 heteroatoms. The van der Waals surface area contributed by atoms with E-state index in [1.165, 1.54) is 6.42 Å². The fraction of sp³-hybridized carbons (Fsp3) is 0.688. The van der Waals surface area contributed by atoms with Gasteiger partial charge >= 0.3 is 6.03 Å². The number of nitrogens with one attached hydrogen (secondary N) is 2. The van der Waals surface area contributed by atoms with Crippen molar-refractivity contribution in [3.8, 4) is 0 Å². The molecule has 3 rings (SSSR count). The highest BCUT2D eigenvalue weighted by molar-refractivity contribution is 5.74. The van der Waals surface area contributed by atoms with Crippen LogP contribution in [0.25, 0.3) is 0 Å². The molecule has 1 aromatic rings. The van der Waals surface area contributed by atoms with Gasteiger partial charge in [0, 0.05) is 31.6 Å². The number of hydrogen-bond acceptors (Lipinski definition) is 3. The molecule has 1 aromatic heterocycles. The molecule has 2 amide bonds. The largest absolute Gasteiger partial charge is 0.469 e. The van der Waals surface area contributed by atoms with E-state index in [4.69, 9.17) is 4.42 Å². The minimum absolute atomic E-state index is 0.0625. The Bertz CT molecular complexity index is 484. The summed E-state index contributed by atoms with van der Waals surface area (Å²) < 4.78 is 5.36. The lowest BCUT2D eigenvalue weighted by atomic mass is 9.93. The molecular formula is C16H25N3O2. The summed E-state index contributed by atoms with van der Waals surface area (Å²) in [6.45, 7) is 8.51. The third-order valence-corrected chi connectivity index (χ3v) is 4.49. The monoisotopic (exact) mass is 291 g/mol. The number of nitrogens with zero attached hydrogens (tertiary/aromatic N) is 1. The highest BCUT2D eigenvalue weighted by Crippen LogP contribution is 2.40. The van der Waals surface area contributed by atoms with E-state index in [2.05, 4.69) is 29.4 Å². The van der Waals surface area contributed by atoms with Crippen molar-refractivity contribution >= 4 is 6.03 Å². The fourth-order valence-electron chi connectivity index (χ4n) is 3.13. The van der Waals surface area contributed by atoms with Gasteiger partial charge < -0.3 is 20.0 Å². The van der Waals surface area contributed by atoms with Crippen molar-refractivity contribution in [2.45, 2.75) is 38.6 Å². The average Bonchev–Trinajstić information content (AvgIpc) is 2.86. The Kier molecular flexibility index (Phi) is 3.93. The number of urea groups is 1. The van der Waals surface area contributed by atoms with Crippen LogP contribution in [0, 0.1) is 5.41 Å². The van der Waals surface area contributed by atoms with Crippen LogP contribution in [0.15, 0.2) is 22.8 Å². The molecule has 5 nitrogen and oxygen atoms in total. The van der Waals surface area contributed by atoms with Gasteiger partial charge in [0.1, 0.15) is 5.76 Å². The molecule has 1 saturated carbocycles. The van der Waals surface area contributed by atoms with E-state index in [1.54, 1.807) is 6.26 Å². The first-order valence-corrected chi connectivity index (χ1v) is 7.84. The fourth-order valence-corrected chi connectivity index (χ4v) is 3.13. The van der Waals surface area contributed by atoms with Crippen LogP contribution in [-0.2, 0) is 0 Å². The summed E-state index contributed by atoms with van der Waals surface area (Å²) in [5, 5.41) is 5.96. The van der Waals surface area contributed by atoms with Crippen LogP contribution in [-0.4, -0.2) is 43.2 Å². The van der Waals surface area contributed by atoms with Crippen molar-refractivity contribution in [1.82, 2.24) is 15.5 Å². The molecule has 1 aliphatic heterocycles. The Morgan fingerprint density at radius 1 is 1.52 bits per heavy atom. The van der Waals surface area contributed by atoms with Gasteiger partial charge in [-0.25, -0.2) is 4.79 Å². The van der Waals surface area contributed by atoms with E-state index in [0.29, 0.717) is 17.9 Å². The molecule has 1 aliphatic carbocycles. The zero-order valence-electron chi connectivity index (χ0n) is 12.9. The van der Waals surface area contributed by atoms with Crippen molar-refractivity contribution in [2.75, 3.05) is 26.2 Å². The van der Waals surface area contributed by atoms with Gasteiger partial charge in [-0.3, -0.25) is 0 Å². The number of rotatable bonds is 5. The second-order valence-corrected chi connectivity index (χ2v) is 7.05. The molecule has 2 atom stereocenters. The predicted octanol–water partition coefficient (Wildman–Crippen LogP) is 2.17. The maximum Gasteiger partial charge on any atom is 0.315 e. The zero-order valence-corrected chi connectivity index (χ0v) is 12.9. The van der Waals surface area contributed by atoms with Crippen molar-refractivity contribution in [2.24, 2.45) is 5.41 Å². The van der Waals surface area contributed by atoms with Gasteiger partial charge in [0.15, 0.2) is 0 Å². The molecule has 0 bridgehead atoms. The summed E-state index contributed by atoms with van der Waals surface area (Å²) in [6, 6.07) is 4.02. The normalized spacial score (nSPS) is 27.5. The molecule has 2 fully saturated rings. The first-order chi connectivity index (χ1) is 10.0. The lowest BCUT2D eigenvalue weighted by molar-refractivity contribution is 0.236. The van der Waals surface area contributed by atoms with E-state index in [0.717, 1.165) is 31.8 Å². The van der Waals surface area contributed by atoms with Crippen LogP contribution in [0.2, 0.25) is 0 Å². The minimum atomic E-state index is -0.0625. The maximum atomic E-state index is 11.8. The van der Waals surface area contributed by atoms with Crippen molar-refractivity contribution in [3.63, 3.8) is 0 Å². The van der Waals surface area contributed by atoms with Crippen LogP contribution in [0.4, 0.5) is 4.79 Å². The number of likely N-dealkylation sites (tertiary alicyclic amines) is 1. The highest BCUT2D eigenvalue weighted by atomic mass is 16.3. The van der Waals surface area contributed by atoms with Crippen molar-refractivity contribution < 1.29 is 9.21 Å². The SMILES string of the molecule is CC1(C)CCN(CCNC(=O)N[C@@H]2C[C@H]2c2ccco2)C1. The van der Waals surface area contributed by atoms with Gasteiger partial charge in [-0.15, -0.1) is 0 Å². The molecule has 1 saturated heterocycles. The smallest absolute Gasteiger partial charge is 0.315 e. The van der Waals surface area contributed by atoms with E-state index >= 15 is 0 Å². The Morgan fingerprint density at radius 3 is 3.05 bits per heavy atom. The summed E-state index contributed by atoms with van der Waals surface area (Å²) in [7, 11) is 0. The molecule has 2 N–H and O–H groups in total. The van der Waals surface area contributed by atoms with Crippen molar-refractivity contribution in [3.05, 3.63) is 24.2 Å². The van der Waals surface area contributed by atoms with Crippen LogP contribution < -0.4 is 10.6 Å². The number of amides is 2. The maximum absolute atomic E-state index is 11.8. The third-order valence-electron chi connectivity index (χ3n) is 4.49. The number of hydrogen-bond donors (Lipinski definition) is 2. The van der Waals surface area contributed by atoms with Crippen LogP contribution >= 0.6 is 0 Å². The summed E-state index contributed by atoms with van der Waals surface area (Å²) in [4.78, 5) is 14.3. The molecule has 116 valence electrons. The van der Waals surface area contributed by atoms with Crippen LogP contribution in [0.5, 0.6) is 0 Å². The zero-order chi connectivity index (χ0) is 14.9. The molecule has 0 spiro atoms. The molecule has 0 radical (unpaired) electrons. The quantitative estimate of drug-likeness (QED) is 0.874. The van der Waals surface area contributed by atoms with E-state index in [1.807, 2.05) is 12.1 Å². The summed E-state index contributed by atoms with van der Waals surface area (Å²) in [6.07, 6.45) is 3.90. The summed E-state index contributed by atoms with van der Waals surface area (Å²) in [5.41, 5.74) is 0.423. The minimum Gasteiger partial charge on any atom is -0.469 e. The molecule has 2 aliphatic rings. The second kappa shape index (κ2) is 5.72. The standard InChI is InChI=1S/C16H25N3O2/c1-16(2)5-7-19(11-16)8-6-17-15(20)18-13-10-12(13)14-4-3-9-21-14/h3-4,9,12-13H,5-8,10-11H2,1-2H3,(H2,17,18,20)/t12-,13-/m1/s1. The molecule has 21 heavy (non-hydrogen) atoms. The van der Waals surface area contributed by atoms with Gasteiger partial charge in [-0.05, 0) is 36.9 Å². The second-order valence-electron chi connectivity index (χ2n) is 7.05. The Labute approximate surface area is 126 Å². The topological polar surface area (TPSA) is 57.5 Å². The first-order valence-electron chi connectivity index (χ1n) is 7.84. The lowest BCUT2D eigenvalue weighted by Crippen LogP contribution is -2.41.